The molecule has 0 heterocycles. The largest absolute Gasteiger partial charge is 0.382 e. The van der Waals surface area contributed by atoms with Crippen molar-refractivity contribution in [3.8, 4) is 0 Å². The third-order valence-corrected chi connectivity index (χ3v) is 2.45. The fourth-order valence-corrected chi connectivity index (χ4v) is 1.47. The van der Waals surface area contributed by atoms with Crippen molar-refractivity contribution in [2.24, 2.45) is 5.92 Å². The first-order valence-electron chi connectivity index (χ1n) is 6.02. The monoisotopic (exact) mass is 232 g/mol. The van der Waals surface area contributed by atoms with Crippen LogP contribution in [0, 0.1) is 5.92 Å². The Morgan fingerprint density at radius 1 is 1.12 bits per heavy atom. The number of methoxy groups -OCH3 is 1. The van der Waals surface area contributed by atoms with E-state index >= 15 is 0 Å². The van der Waals surface area contributed by atoms with E-state index in [1.165, 1.54) is 0 Å². The molecule has 16 heavy (non-hydrogen) atoms. The fourth-order valence-electron chi connectivity index (χ4n) is 1.47. The Hall–Kier alpha value is -0.160. The lowest BCUT2D eigenvalue weighted by Gasteiger charge is -2.25. The number of hydrogen-bond acceptors (Lipinski definition) is 4. The molecule has 0 rings (SSSR count). The molecule has 0 aromatic rings. The lowest BCUT2D eigenvalue weighted by molar-refractivity contribution is 0.0699. The van der Waals surface area contributed by atoms with E-state index in [1.807, 2.05) is 0 Å². The molecule has 0 aromatic carbocycles. The zero-order valence-corrected chi connectivity index (χ0v) is 11.5. The van der Waals surface area contributed by atoms with Crippen LogP contribution in [0.3, 0.4) is 0 Å². The summed E-state index contributed by atoms with van der Waals surface area (Å²) in [7, 11) is 5.89. The highest BCUT2D eigenvalue weighted by Crippen LogP contribution is 2.01. The van der Waals surface area contributed by atoms with E-state index in [0.717, 1.165) is 19.7 Å². The highest BCUT2D eigenvalue weighted by atomic mass is 16.5. The van der Waals surface area contributed by atoms with Crippen molar-refractivity contribution in [1.82, 2.24) is 10.2 Å². The van der Waals surface area contributed by atoms with Crippen molar-refractivity contribution in [2.45, 2.75) is 19.9 Å². The van der Waals surface area contributed by atoms with Gasteiger partial charge in [0, 0.05) is 26.2 Å². The summed E-state index contributed by atoms with van der Waals surface area (Å²) in [6, 6.07) is 0.529. The summed E-state index contributed by atoms with van der Waals surface area (Å²) < 4.78 is 10.3. The summed E-state index contributed by atoms with van der Waals surface area (Å²) in [6.07, 6.45) is 0. The number of nitrogens with one attached hydrogen (secondary N) is 1. The molecule has 1 unspecified atom stereocenters. The molecule has 0 aliphatic rings. The van der Waals surface area contributed by atoms with E-state index in [0.29, 0.717) is 25.2 Å². The molecule has 1 N–H and O–H groups in total. The molecule has 4 heteroatoms. The van der Waals surface area contributed by atoms with Gasteiger partial charge in [-0.2, -0.15) is 0 Å². The van der Waals surface area contributed by atoms with Gasteiger partial charge >= 0.3 is 0 Å². The molecule has 0 fully saturated rings. The summed E-state index contributed by atoms with van der Waals surface area (Å²) in [5.41, 5.74) is 0. The van der Waals surface area contributed by atoms with Crippen molar-refractivity contribution in [1.29, 1.82) is 0 Å². The number of likely N-dealkylation sites (N-methyl/N-ethyl adjacent to an activating group) is 1. The van der Waals surface area contributed by atoms with E-state index in [2.05, 4.69) is 38.2 Å². The van der Waals surface area contributed by atoms with E-state index < -0.39 is 0 Å². The van der Waals surface area contributed by atoms with Gasteiger partial charge < -0.3 is 19.7 Å². The average molecular weight is 232 g/mol. The van der Waals surface area contributed by atoms with Crippen molar-refractivity contribution in [3.63, 3.8) is 0 Å². The Bertz CT molecular complexity index is 152. The van der Waals surface area contributed by atoms with Crippen molar-refractivity contribution in [2.75, 3.05) is 54.1 Å². The van der Waals surface area contributed by atoms with Crippen LogP contribution < -0.4 is 5.32 Å². The van der Waals surface area contributed by atoms with Gasteiger partial charge in [-0.05, 0) is 20.0 Å². The lowest BCUT2D eigenvalue weighted by Crippen LogP contribution is -2.43. The Morgan fingerprint density at radius 2 is 1.81 bits per heavy atom. The second kappa shape index (κ2) is 10.0. The van der Waals surface area contributed by atoms with Gasteiger partial charge in [0.25, 0.3) is 0 Å². The van der Waals surface area contributed by atoms with Crippen LogP contribution >= 0.6 is 0 Å². The second-order valence-corrected chi connectivity index (χ2v) is 4.67. The number of nitrogens with zero attached hydrogens (tertiary/aromatic N) is 1. The molecule has 0 radical (unpaired) electrons. The minimum absolute atomic E-state index is 0.529. The van der Waals surface area contributed by atoms with Gasteiger partial charge in [0.15, 0.2) is 0 Å². The quantitative estimate of drug-likeness (QED) is 0.566. The summed E-state index contributed by atoms with van der Waals surface area (Å²) in [6.45, 7) is 8.56. The zero-order valence-electron chi connectivity index (χ0n) is 11.5. The zero-order chi connectivity index (χ0) is 12.4. The summed E-state index contributed by atoms with van der Waals surface area (Å²) in [5.74, 6) is 0.640. The molecule has 0 amide bonds. The van der Waals surface area contributed by atoms with Crippen LogP contribution in [0.1, 0.15) is 13.8 Å². The normalized spacial score (nSPS) is 13.7. The van der Waals surface area contributed by atoms with Gasteiger partial charge in [-0.25, -0.2) is 0 Å². The van der Waals surface area contributed by atoms with Gasteiger partial charge in [0.05, 0.1) is 19.8 Å². The molecular formula is C12H28N2O2. The molecule has 0 aliphatic carbocycles. The fraction of sp³-hybridized carbons (Fsp3) is 1.00. The van der Waals surface area contributed by atoms with Crippen LogP contribution in [-0.4, -0.2) is 65.1 Å². The number of rotatable bonds is 10. The van der Waals surface area contributed by atoms with Crippen molar-refractivity contribution < 1.29 is 9.47 Å². The third-order valence-electron chi connectivity index (χ3n) is 2.45. The van der Waals surface area contributed by atoms with Gasteiger partial charge in [0.2, 0.25) is 0 Å². The SMILES string of the molecule is COCCOCCNC(CN(C)C)C(C)C. The van der Waals surface area contributed by atoms with E-state index in [9.17, 15) is 0 Å². The van der Waals surface area contributed by atoms with Crippen LogP contribution in [0.2, 0.25) is 0 Å². The molecular weight excluding hydrogens is 204 g/mol. The number of hydrogen-bond donors (Lipinski definition) is 1. The molecule has 98 valence electrons. The minimum atomic E-state index is 0.529. The maximum atomic E-state index is 5.41. The lowest BCUT2D eigenvalue weighted by atomic mass is 10.0. The first kappa shape index (κ1) is 15.8. The van der Waals surface area contributed by atoms with Gasteiger partial charge in [-0.3, -0.25) is 0 Å². The number of ether oxygens (including phenoxy) is 2. The highest BCUT2D eigenvalue weighted by Gasteiger charge is 2.12. The maximum Gasteiger partial charge on any atom is 0.0700 e. The summed E-state index contributed by atoms with van der Waals surface area (Å²) in [4.78, 5) is 2.21. The predicted octanol–water partition coefficient (Wildman–Crippen LogP) is 0.825. The van der Waals surface area contributed by atoms with Crippen molar-refractivity contribution >= 4 is 0 Å². The van der Waals surface area contributed by atoms with Gasteiger partial charge in [-0.1, -0.05) is 13.8 Å². The van der Waals surface area contributed by atoms with E-state index in [4.69, 9.17) is 9.47 Å². The minimum Gasteiger partial charge on any atom is -0.382 e. The molecule has 0 spiro atoms. The van der Waals surface area contributed by atoms with E-state index in [-0.39, 0.29) is 0 Å². The Morgan fingerprint density at radius 3 is 2.31 bits per heavy atom. The predicted molar refractivity (Wildman–Crippen MR) is 67.9 cm³/mol. The third kappa shape index (κ3) is 9.09. The van der Waals surface area contributed by atoms with Crippen LogP contribution in [-0.2, 0) is 9.47 Å². The molecule has 1 atom stereocenters. The van der Waals surface area contributed by atoms with Crippen LogP contribution in [0.5, 0.6) is 0 Å². The Balaban J connectivity index is 3.52. The summed E-state index contributed by atoms with van der Waals surface area (Å²) in [5, 5.41) is 3.52. The van der Waals surface area contributed by atoms with Gasteiger partial charge in [-0.15, -0.1) is 0 Å². The van der Waals surface area contributed by atoms with Gasteiger partial charge in [0.1, 0.15) is 0 Å². The molecule has 0 saturated carbocycles. The van der Waals surface area contributed by atoms with Crippen LogP contribution in [0.4, 0.5) is 0 Å². The molecule has 0 saturated heterocycles. The maximum absolute atomic E-state index is 5.41. The molecule has 0 aliphatic heterocycles. The van der Waals surface area contributed by atoms with Crippen molar-refractivity contribution in [3.05, 3.63) is 0 Å². The molecule has 0 aromatic heterocycles. The molecule has 0 bridgehead atoms. The highest BCUT2D eigenvalue weighted by molar-refractivity contribution is 4.72. The van der Waals surface area contributed by atoms with E-state index in [1.54, 1.807) is 7.11 Å². The second-order valence-electron chi connectivity index (χ2n) is 4.67. The standard InChI is InChI=1S/C12H28N2O2/c1-11(2)12(10-14(3)4)13-6-7-16-9-8-15-5/h11-13H,6-10H2,1-5H3. The summed E-state index contributed by atoms with van der Waals surface area (Å²) >= 11 is 0. The smallest absolute Gasteiger partial charge is 0.0700 e. The molecule has 4 nitrogen and oxygen atoms in total. The first-order valence-corrected chi connectivity index (χ1v) is 6.02. The van der Waals surface area contributed by atoms with Crippen LogP contribution in [0.25, 0.3) is 0 Å². The first-order chi connectivity index (χ1) is 7.57. The Labute approximate surface area is 100 Å². The topological polar surface area (TPSA) is 33.7 Å². The average Bonchev–Trinajstić information content (AvgIpc) is 2.20. The Kier molecular flexibility index (Phi) is 9.92. The van der Waals surface area contributed by atoms with Crippen LogP contribution in [0.15, 0.2) is 0 Å².